The molecule has 0 radical (unpaired) electrons. The van der Waals surface area contributed by atoms with Crippen LogP contribution in [0.5, 0.6) is 0 Å². The zero-order valence-electron chi connectivity index (χ0n) is 9.54. The molecule has 0 aliphatic carbocycles. The molecule has 98 valence electrons. The van der Waals surface area contributed by atoms with Gasteiger partial charge in [0.25, 0.3) is 0 Å². The first kappa shape index (κ1) is 14.8. The van der Waals surface area contributed by atoms with Crippen LogP contribution in [0.4, 0.5) is 0 Å². The molecule has 4 nitrogen and oxygen atoms in total. The lowest BCUT2D eigenvalue weighted by Gasteiger charge is -2.08. The van der Waals surface area contributed by atoms with Gasteiger partial charge < -0.3 is 15.2 Å². The second-order valence-electron chi connectivity index (χ2n) is 3.67. The fraction of sp³-hybridized carbons (Fsp3) is 0.333. The maximum absolute atomic E-state index is 11.2. The average molecular weight is 289 g/mol. The second kappa shape index (κ2) is 7.24. The number of halogens is 2. The second-order valence-corrected chi connectivity index (χ2v) is 4.49. The predicted octanol–water partition coefficient (Wildman–Crippen LogP) is 1.18. The highest BCUT2D eigenvalue weighted by Crippen LogP contribution is 2.24. The van der Waals surface area contributed by atoms with E-state index in [1.165, 1.54) is 0 Å². The van der Waals surface area contributed by atoms with Crippen molar-refractivity contribution in [3.05, 3.63) is 33.8 Å². The molecule has 1 rings (SSSR count). The Morgan fingerprint density at radius 2 is 1.78 bits per heavy atom. The number of benzene rings is 1. The fourth-order valence-electron chi connectivity index (χ4n) is 1.40. The largest absolute Gasteiger partial charge is 0.550 e. The van der Waals surface area contributed by atoms with Gasteiger partial charge in [0, 0.05) is 29.0 Å². The van der Waals surface area contributed by atoms with Gasteiger partial charge in [-0.3, -0.25) is 4.79 Å². The summed E-state index contributed by atoms with van der Waals surface area (Å²) >= 11 is 11.9. The van der Waals surface area contributed by atoms with Crippen LogP contribution in [-0.4, -0.2) is 18.4 Å². The zero-order chi connectivity index (χ0) is 13.5. The van der Waals surface area contributed by atoms with E-state index in [4.69, 9.17) is 23.2 Å². The molecule has 0 bridgehead atoms. The van der Waals surface area contributed by atoms with Crippen LogP contribution in [0.1, 0.15) is 18.4 Å². The molecule has 0 aliphatic heterocycles. The molecule has 0 aromatic heterocycles. The van der Waals surface area contributed by atoms with E-state index < -0.39 is 5.97 Å². The molecular weight excluding hydrogens is 277 g/mol. The molecule has 6 heteroatoms. The molecule has 18 heavy (non-hydrogen) atoms. The third-order valence-electron chi connectivity index (χ3n) is 2.32. The third kappa shape index (κ3) is 4.94. The number of amides is 1. The lowest BCUT2D eigenvalue weighted by Crippen LogP contribution is -2.29. The van der Waals surface area contributed by atoms with Gasteiger partial charge in [0.2, 0.25) is 5.91 Å². The number of aliphatic carboxylic acids is 1. The van der Waals surface area contributed by atoms with Crippen molar-refractivity contribution >= 4 is 35.1 Å². The molecule has 1 aromatic rings. The number of carboxylic acids is 1. The van der Waals surface area contributed by atoms with Crippen LogP contribution in [0, 0.1) is 0 Å². The summed E-state index contributed by atoms with van der Waals surface area (Å²) in [6.45, 7) is 0.356. The van der Waals surface area contributed by atoms with Crippen molar-refractivity contribution in [1.29, 1.82) is 0 Å². The fourth-order valence-corrected chi connectivity index (χ4v) is 1.99. The van der Waals surface area contributed by atoms with Gasteiger partial charge in [-0.15, -0.1) is 0 Å². The van der Waals surface area contributed by atoms with Gasteiger partial charge in [-0.2, -0.15) is 0 Å². The lowest BCUT2D eigenvalue weighted by molar-refractivity contribution is -0.305. The highest BCUT2D eigenvalue weighted by atomic mass is 35.5. The number of carbonyl (C=O) groups is 2. The highest BCUT2D eigenvalue weighted by molar-refractivity contribution is 6.35. The van der Waals surface area contributed by atoms with Crippen molar-refractivity contribution in [3.8, 4) is 0 Å². The van der Waals surface area contributed by atoms with Gasteiger partial charge in [-0.25, -0.2) is 0 Å². The Balaban J connectivity index is 2.38. The molecule has 0 saturated carbocycles. The molecule has 1 amide bonds. The number of nitrogens with one attached hydrogen (secondary N) is 1. The van der Waals surface area contributed by atoms with Crippen LogP contribution in [0.15, 0.2) is 18.2 Å². The van der Waals surface area contributed by atoms with E-state index in [0.717, 1.165) is 5.56 Å². The monoisotopic (exact) mass is 288 g/mol. The van der Waals surface area contributed by atoms with Gasteiger partial charge in [0.1, 0.15) is 0 Å². The molecule has 0 aliphatic rings. The van der Waals surface area contributed by atoms with Crippen LogP contribution >= 0.6 is 23.2 Å². The number of carboxylic acid groups (broad SMARTS) is 1. The Morgan fingerprint density at radius 1 is 1.17 bits per heavy atom. The van der Waals surface area contributed by atoms with Gasteiger partial charge >= 0.3 is 0 Å². The molecule has 0 fully saturated rings. The van der Waals surface area contributed by atoms with Crippen LogP contribution in [0.25, 0.3) is 0 Å². The Morgan fingerprint density at radius 3 is 2.33 bits per heavy atom. The van der Waals surface area contributed by atoms with Crippen molar-refractivity contribution in [2.45, 2.75) is 19.3 Å². The van der Waals surface area contributed by atoms with E-state index in [2.05, 4.69) is 5.32 Å². The van der Waals surface area contributed by atoms with Crippen molar-refractivity contribution in [2.75, 3.05) is 6.54 Å². The highest BCUT2D eigenvalue weighted by Gasteiger charge is 2.06. The normalized spacial score (nSPS) is 10.1. The minimum atomic E-state index is -1.24. The zero-order valence-corrected chi connectivity index (χ0v) is 11.1. The topological polar surface area (TPSA) is 69.2 Å². The summed E-state index contributed by atoms with van der Waals surface area (Å²) in [5.41, 5.74) is 0.765. The van der Waals surface area contributed by atoms with Crippen molar-refractivity contribution in [3.63, 3.8) is 0 Å². The van der Waals surface area contributed by atoms with Crippen LogP contribution in [0.3, 0.4) is 0 Å². The van der Waals surface area contributed by atoms with E-state index >= 15 is 0 Å². The van der Waals surface area contributed by atoms with Crippen molar-refractivity contribution in [1.82, 2.24) is 5.32 Å². The predicted molar refractivity (Wildman–Crippen MR) is 67.4 cm³/mol. The smallest absolute Gasteiger partial charge is 0.220 e. The summed E-state index contributed by atoms with van der Waals surface area (Å²) in [4.78, 5) is 21.4. The first-order chi connectivity index (χ1) is 8.50. The van der Waals surface area contributed by atoms with E-state index in [9.17, 15) is 14.7 Å². The third-order valence-corrected chi connectivity index (χ3v) is 3.02. The Bertz CT molecular complexity index is 429. The number of carbonyl (C=O) groups excluding carboxylic acids is 2. The Hall–Kier alpha value is -1.26. The summed E-state index contributed by atoms with van der Waals surface area (Å²) in [7, 11) is 0. The van der Waals surface area contributed by atoms with E-state index in [1.54, 1.807) is 18.2 Å². The van der Waals surface area contributed by atoms with Crippen molar-refractivity contribution < 1.29 is 14.7 Å². The maximum atomic E-state index is 11.2. The quantitative estimate of drug-likeness (QED) is 0.855. The number of hydrogen-bond acceptors (Lipinski definition) is 3. The average Bonchev–Trinajstić information content (AvgIpc) is 2.30. The number of rotatable bonds is 6. The molecule has 0 unspecified atom stereocenters. The summed E-state index contributed by atoms with van der Waals surface area (Å²) in [6.07, 6.45) is 0.132. The Kier molecular flexibility index (Phi) is 5.95. The van der Waals surface area contributed by atoms with Crippen LogP contribution in [-0.2, 0) is 16.0 Å². The van der Waals surface area contributed by atoms with Crippen LogP contribution in [0.2, 0.25) is 10.0 Å². The van der Waals surface area contributed by atoms with Gasteiger partial charge in [0.15, 0.2) is 0 Å². The first-order valence-corrected chi connectivity index (χ1v) is 6.15. The van der Waals surface area contributed by atoms with E-state index in [0.29, 0.717) is 23.0 Å². The standard InChI is InChI=1S/C12H13Cl2NO3/c13-9-2-1-3-10(14)8(9)6-7-15-11(16)4-5-12(17)18/h1-3H,4-7H2,(H,15,16)(H,17,18)/p-1. The maximum Gasteiger partial charge on any atom is 0.220 e. The molecule has 0 saturated heterocycles. The van der Waals surface area contributed by atoms with Crippen LogP contribution < -0.4 is 10.4 Å². The Labute approximate surface area is 115 Å². The minimum Gasteiger partial charge on any atom is -0.550 e. The van der Waals surface area contributed by atoms with E-state index in [1.807, 2.05) is 0 Å². The van der Waals surface area contributed by atoms with Gasteiger partial charge in [-0.1, -0.05) is 29.3 Å². The van der Waals surface area contributed by atoms with E-state index in [-0.39, 0.29) is 18.7 Å². The summed E-state index contributed by atoms with van der Waals surface area (Å²) in [6, 6.07) is 5.19. The summed E-state index contributed by atoms with van der Waals surface area (Å²) < 4.78 is 0. The lowest BCUT2D eigenvalue weighted by atomic mass is 10.1. The molecule has 0 atom stereocenters. The molecule has 1 aromatic carbocycles. The summed E-state index contributed by atoms with van der Waals surface area (Å²) in [5, 5.41) is 13.9. The first-order valence-electron chi connectivity index (χ1n) is 5.40. The van der Waals surface area contributed by atoms with Gasteiger partial charge in [0.05, 0.1) is 0 Å². The molecule has 0 spiro atoms. The minimum absolute atomic E-state index is 0.0847. The number of hydrogen-bond donors (Lipinski definition) is 1. The molecule has 0 heterocycles. The summed E-state index contributed by atoms with van der Waals surface area (Å²) in [5.74, 6) is -1.57. The van der Waals surface area contributed by atoms with Gasteiger partial charge in [-0.05, 0) is 30.5 Å². The SMILES string of the molecule is O=C([O-])CCC(=O)NCCc1c(Cl)cccc1Cl. The molecule has 1 N–H and O–H groups in total. The molecular formula is C12H12Cl2NO3-. The van der Waals surface area contributed by atoms with Crippen molar-refractivity contribution in [2.24, 2.45) is 0 Å².